The molecule has 0 spiro atoms. The third-order valence-corrected chi connectivity index (χ3v) is 5.89. The summed E-state index contributed by atoms with van der Waals surface area (Å²) < 4.78 is 47.3. The van der Waals surface area contributed by atoms with Crippen LogP contribution in [0, 0.1) is 6.92 Å². The molecule has 0 atom stereocenters. The van der Waals surface area contributed by atoms with Crippen LogP contribution in [0.25, 0.3) is 22.3 Å². The molecule has 1 amide bonds. The number of amides is 1. The molecule has 0 saturated carbocycles. The van der Waals surface area contributed by atoms with Crippen LogP contribution in [0.15, 0.2) is 85.3 Å². The van der Waals surface area contributed by atoms with Crippen LogP contribution in [-0.4, -0.2) is 20.4 Å². The number of anilines is 1. The highest BCUT2D eigenvalue weighted by atomic mass is 19.4. The Morgan fingerprint density at radius 2 is 1.76 bits per heavy atom. The summed E-state index contributed by atoms with van der Waals surface area (Å²) in [5.74, 6) is 0.436. The Morgan fingerprint density at radius 1 is 0.973 bits per heavy atom. The number of aryl methyl sites for hydroxylation is 2. The molecule has 0 aliphatic rings. The molecule has 9 heteroatoms. The second-order valence-corrected chi connectivity index (χ2v) is 8.52. The van der Waals surface area contributed by atoms with Gasteiger partial charge in [-0.3, -0.25) is 9.78 Å². The molecule has 5 rings (SSSR count). The Morgan fingerprint density at radius 3 is 2.51 bits per heavy atom. The predicted octanol–water partition coefficient (Wildman–Crippen LogP) is 7.01. The van der Waals surface area contributed by atoms with Crippen LogP contribution in [0.4, 0.5) is 18.9 Å². The van der Waals surface area contributed by atoms with Crippen LogP contribution in [0.2, 0.25) is 0 Å². The lowest BCUT2D eigenvalue weighted by atomic mass is 10.1. The quantitative estimate of drug-likeness (QED) is 0.281. The van der Waals surface area contributed by atoms with Gasteiger partial charge in [-0.25, -0.2) is 4.98 Å². The smallest absolute Gasteiger partial charge is 0.416 e. The van der Waals surface area contributed by atoms with Crippen molar-refractivity contribution in [2.24, 2.45) is 7.05 Å². The van der Waals surface area contributed by atoms with E-state index in [1.54, 1.807) is 30.6 Å². The maximum absolute atomic E-state index is 13.0. The molecular weight excluding hydrogens is 481 g/mol. The zero-order chi connectivity index (χ0) is 26.2. The Balaban J connectivity index is 1.47. The molecule has 37 heavy (non-hydrogen) atoms. The van der Waals surface area contributed by atoms with E-state index in [9.17, 15) is 18.0 Å². The first-order chi connectivity index (χ1) is 17.7. The van der Waals surface area contributed by atoms with Crippen molar-refractivity contribution in [1.82, 2.24) is 14.5 Å². The van der Waals surface area contributed by atoms with E-state index in [0.717, 1.165) is 34.3 Å². The largest absolute Gasteiger partial charge is 0.456 e. The fourth-order valence-corrected chi connectivity index (χ4v) is 3.90. The van der Waals surface area contributed by atoms with Crippen LogP contribution in [0.3, 0.4) is 0 Å². The van der Waals surface area contributed by atoms with Crippen molar-refractivity contribution in [2.75, 3.05) is 5.32 Å². The fraction of sp³-hybridized carbons (Fsp3) is 0.107. The average molecular weight is 502 g/mol. The minimum Gasteiger partial charge on any atom is -0.456 e. The number of benzene rings is 2. The lowest BCUT2D eigenvalue weighted by Gasteiger charge is -2.14. The Bertz CT molecular complexity index is 1610. The average Bonchev–Trinajstić information content (AvgIpc) is 3.26. The number of aromatic nitrogens is 3. The van der Waals surface area contributed by atoms with E-state index in [0.29, 0.717) is 17.2 Å². The summed E-state index contributed by atoms with van der Waals surface area (Å²) in [6, 6.07) is 16.8. The van der Waals surface area contributed by atoms with Crippen LogP contribution in [0.1, 0.15) is 21.5 Å². The van der Waals surface area contributed by atoms with E-state index < -0.39 is 17.6 Å². The van der Waals surface area contributed by atoms with Gasteiger partial charge < -0.3 is 14.6 Å². The van der Waals surface area contributed by atoms with Gasteiger partial charge in [0.25, 0.3) is 5.91 Å². The minimum atomic E-state index is -4.51. The van der Waals surface area contributed by atoms with Gasteiger partial charge in [-0.05, 0) is 61.0 Å². The molecule has 0 aliphatic carbocycles. The molecule has 0 fully saturated rings. The van der Waals surface area contributed by atoms with Crippen LogP contribution in [-0.2, 0) is 13.2 Å². The number of hydrogen-bond donors (Lipinski definition) is 1. The number of ether oxygens (including phenoxy) is 1. The molecule has 0 saturated heterocycles. The van der Waals surface area contributed by atoms with Gasteiger partial charge in [0, 0.05) is 48.5 Å². The second kappa shape index (κ2) is 9.42. The van der Waals surface area contributed by atoms with Gasteiger partial charge in [0.1, 0.15) is 17.1 Å². The highest BCUT2D eigenvalue weighted by Gasteiger charge is 2.30. The normalized spacial score (nSPS) is 11.5. The standard InChI is InChI=1S/C28H21F3N4O2/c1-17-6-7-19(27(36)33-21-5-3-4-20(15-21)28(29,30)31)14-24(17)37-25-16-23(18-8-11-32-12-9-18)34-26-22(25)10-13-35(26)2/h3-16H,1-2H3,(H,33,36). The van der Waals surface area contributed by atoms with E-state index in [2.05, 4.69) is 10.3 Å². The number of hydrogen-bond acceptors (Lipinski definition) is 4. The summed E-state index contributed by atoms with van der Waals surface area (Å²) in [5.41, 5.74) is 2.52. The zero-order valence-electron chi connectivity index (χ0n) is 19.9. The van der Waals surface area contributed by atoms with E-state index in [-0.39, 0.29) is 11.3 Å². The molecule has 3 heterocycles. The SMILES string of the molecule is Cc1ccc(C(=O)Nc2cccc(C(F)(F)F)c2)cc1Oc1cc(-c2ccncc2)nc2c1ccn2C. The lowest BCUT2D eigenvalue weighted by molar-refractivity contribution is -0.137. The van der Waals surface area contributed by atoms with Crippen molar-refractivity contribution >= 4 is 22.6 Å². The van der Waals surface area contributed by atoms with Gasteiger partial charge in [0.05, 0.1) is 16.6 Å². The molecule has 3 aromatic heterocycles. The number of rotatable bonds is 5. The highest BCUT2D eigenvalue weighted by Crippen LogP contribution is 2.35. The second-order valence-electron chi connectivity index (χ2n) is 8.52. The molecular formula is C28H21F3N4O2. The van der Waals surface area contributed by atoms with E-state index in [4.69, 9.17) is 9.72 Å². The summed E-state index contributed by atoms with van der Waals surface area (Å²) >= 11 is 0. The molecule has 1 N–H and O–H groups in total. The zero-order valence-corrected chi connectivity index (χ0v) is 19.9. The third-order valence-electron chi connectivity index (χ3n) is 5.89. The Kier molecular flexibility index (Phi) is 6.12. The molecule has 0 unspecified atom stereocenters. The Hall–Kier alpha value is -4.66. The summed E-state index contributed by atoms with van der Waals surface area (Å²) in [6.45, 7) is 1.84. The monoisotopic (exact) mass is 502 g/mol. The van der Waals surface area contributed by atoms with E-state index in [1.807, 2.05) is 49.0 Å². The van der Waals surface area contributed by atoms with Gasteiger partial charge in [0.2, 0.25) is 0 Å². The number of pyridine rings is 2. The third kappa shape index (κ3) is 5.02. The van der Waals surface area contributed by atoms with Crippen molar-refractivity contribution in [3.63, 3.8) is 0 Å². The highest BCUT2D eigenvalue weighted by molar-refractivity contribution is 6.04. The van der Waals surface area contributed by atoms with Crippen molar-refractivity contribution < 1.29 is 22.7 Å². The van der Waals surface area contributed by atoms with E-state index in [1.165, 1.54) is 12.1 Å². The number of alkyl halides is 3. The summed E-state index contributed by atoms with van der Waals surface area (Å²) in [5, 5.41) is 3.32. The van der Waals surface area contributed by atoms with E-state index >= 15 is 0 Å². The van der Waals surface area contributed by atoms with Crippen molar-refractivity contribution in [3.8, 4) is 22.8 Å². The predicted molar refractivity (Wildman–Crippen MR) is 135 cm³/mol. The minimum absolute atomic E-state index is 0.0463. The number of fused-ring (bicyclic) bond motifs is 1. The molecule has 186 valence electrons. The van der Waals surface area contributed by atoms with Crippen molar-refractivity contribution in [2.45, 2.75) is 13.1 Å². The number of carbonyl (C=O) groups excluding carboxylic acids is 1. The van der Waals surface area contributed by atoms with Gasteiger partial charge >= 0.3 is 6.18 Å². The van der Waals surface area contributed by atoms with Crippen LogP contribution in [0.5, 0.6) is 11.5 Å². The molecule has 0 bridgehead atoms. The van der Waals surface area contributed by atoms with Crippen molar-refractivity contribution in [3.05, 3.63) is 102 Å². The maximum atomic E-state index is 13.0. The molecule has 6 nitrogen and oxygen atoms in total. The first-order valence-electron chi connectivity index (χ1n) is 11.3. The van der Waals surface area contributed by atoms with Gasteiger partial charge in [-0.15, -0.1) is 0 Å². The van der Waals surface area contributed by atoms with Gasteiger partial charge in [0.15, 0.2) is 0 Å². The molecule has 2 aromatic carbocycles. The topological polar surface area (TPSA) is 69.0 Å². The van der Waals surface area contributed by atoms with Crippen LogP contribution < -0.4 is 10.1 Å². The number of halogens is 3. The molecule has 5 aromatic rings. The maximum Gasteiger partial charge on any atom is 0.416 e. The number of nitrogens with zero attached hydrogens (tertiary/aromatic N) is 3. The summed E-state index contributed by atoms with van der Waals surface area (Å²) in [6.07, 6.45) is 0.743. The molecule has 0 radical (unpaired) electrons. The molecule has 0 aliphatic heterocycles. The summed E-state index contributed by atoms with van der Waals surface area (Å²) in [7, 11) is 1.89. The lowest BCUT2D eigenvalue weighted by Crippen LogP contribution is -2.13. The van der Waals surface area contributed by atoms with Gasteiger partial charge in [-0.1, -0.05) is 12.1 Å². The summed E-state index contributed by atoms with van der Waals surface area (Å²) in [4.78, 5) is 21.7. The number of nitrogens with one attached hydrogen (secondary N) is 1. The van der Waals surface area contributed by atoms with Crippen LogP contribution >= 0.6 is 0 Å². The number of carbonyl (C=O) groups is 1. The van der Waals surface area contributed by atoms with Gasteiger partial charge in [-0.2, -0.15) is 13.2 Å². The van der Waals surface area contributed by atoms with Crippen molar-refractivity contribution in [1.29, 1.82) is 0 Å². The first kappa shape index (κ1) is 24.1. The first-order valence-corrected chi connectivity index (χ1v) is 11.3. The fourth-order valence-electron chi connectivity index (χ4n) is 3.90. The Labute approximate surface area is 210 Å².